The summed E-state index contributed by atoms with van der Waals surface area (Å²) in [5, 5.41) is -0.447. The van der Waals surface area contributed by atoms with Crippen molar-refractivity contribution in [3.63, 3.8) is 0 Å². The first-order valence-electron chi connectivity index (χ1n) is 4.86. The third-order valence-electron chi connectivity index (χ3n) is 2.32. The summed E-state index contributed by atoms with van der Waals surface area (Å²) in [7, 11) is -0.507. The lowest BCUT2D eigenvalue weighted by atomic mass is 9.99. The number of hydrogen-bond acceptors (Lipinski definition) is 0. The minimum absolute atomic E-state index is 0.108. The zero-order valence-corrected chi connectivity index (χ0v) is 10.6. The summed E-state index contributed by atoms with van der Waals surface area (Å²) in [4.78, 5) is 0. The molecule has 0 spiro atoms. The Hall–Kier alpha value is -1.19. The van der Waals surface area contributed by atoms with Crippen LogP contribution in [0.25, 0.3) is 0 Å². The molecular weight excluding hydrogens is 319 g/mol. The zero-order valence-electron chi connectivity index (χ0n) is 9.56. The lowest BCUT2D eigenvalue weighted by Gasteiger charge is -2.21. The van der Waals surface area contributed by atoms with Gasteiger partial charge in [-0.2, -0.15) is 39.5 Å². The fourth-order valence-electron chi connectivity index (χ4n) is 1.54. The van der Waals surface area contributed by atoms with E-state index in [0.717, 1.165) is 0 Å². The van der Waals surface area contributed by atoms with Crippen LogP contribution >= 0.6 is 0 Å². The smallest absolute Gasteiger partial charge is 0.166 e. The molecule has 0 heterocycles. The summed E-state index contributed by atoms with van der Waals surface area (Å²) in [6.07, 6.45) is -16.8. The highest BCUT2D eigenvalue weighted by atomic mass is 28.2. The van der Waals surface area contributed by atoms with Gasteiger partial charge in [-0.15, -0.1) is 0 Å². The van der Waals surface area contributed by atoms with E-state index >= 15 is 0 Å². The summed E-state index contributed by atoms with van der Waals surface area (Å²) in [5.74, 6) is 0. The van der Waals surface area contributed by atoms with E-state index in [2.05, 4.69) is 0 Å². The number of rotatable bonds is 1. The molecule has 0 bridgehead atoms. The molecule has 0 aliphatic carbocycles. The third-order valence-corrected chi connectivity index (χ3v) is 3.19. The Kier molecular flexibility index (Phi) is 4.19. The van der Waals surface area contributed by atoms with Crippen molar-refractivity contribution >= 4 is 14.7 Å². The first-order valence-corrected chi connectivity index (χ1v) is 6.36. The Balaban J connectivity index is 3.83. The van der Waals surface area contributed by atoms with Gasteiger partial charge < -0.3 is 0 Å². The van der Waals surface area contributed by atoms with E-state index in [1.807, 2.05) is 0 Å². The van der Waals surface area contributed by atoms with Crippen LogP contribution in [-0.4, -0.2) is 9.52 Å². The van der Waals surface area contributed by atoms with Gasteiger partial charge in [0.2, 0.25) is 0 Å². The summed E-state index contributed by atoms with van der Waals surface area (Å²) in [6.45, 7) is 1.27. The van der Waals surface area contributed by atoms with Crippen LogP contribution in [0, 0.1) is 0 Å². The number of halogens is 9. The van der Waals surface area contributed by atoms with Crippen molar-refractivity contribution in [1.29, 1.82) is 0 Å². The molecule has 1 aromatic carbocycles. The molecule has 10 heteroatoms. The minimum atomic E-state index is -5.76. The van der Waals surface area contributed by atoms with Crippen molar-refractivity contribution in [1.82, 2.24) is 0 Å². The fraction of sp³-hybridized carbons (Fsp3) is 0.400. The van der Waals surface area contributed by atoms with Gasteiger partial charge in [-0.1, -0.05) is 23.9 Å². The van der Waals surface area contributed by atoms with E-state index < -0.39 is 49.9 Å². The predicted octanol–water partition coefficient (Wildman–Crippen LogP) is 4.12. The van der Waals surface area contributed by atoms with Gasteiger partial charge in [0.25, 0.3) is 0 Å². The van der Waals surface area contributed by atoms with Crippen LogP contribution < -0.4 is 5.19 Å². The maximum absolute atomic E-state index is 12.6. The molecule has 0 aliphatic heterocycles. The van der Waals surface area contributed by atoms with Crippen LogP contribution in [0.1, 0.15) is 16.7 Å². The fourth-order valence-corrected chi connectivity index (χ4v) is 2.12. The summed E-state index contributed by atoms with van der Waals surface area (Å²) in [5.41, 5.74) is -7.33. The average molecular weight is 324 g/mol. The molecule has 0 fully saturated rings. The predicted molar refractivity (Wildman–Crippen MR) is 52.7 cm³/mol. The van der Waals surface area contributed by atoms with Crippen molar-refractivity contribution in [3.8, 4) is 0 Å². The van der Waals surface area contributed by atoms with Gasteiger partial charge >= 0.3 is 18.5 Å². The van der Waals surface area contributed by atoms with E-state index in [4.69, 9.17) is 0 Å². The van der Waals surface area contributed by atoms with Gasteiger partial charge in [0.1, 0.15) is 0 Å². The normalized spacial score (nSPS) is 13.7. The van der Waals surface area contributed by atoms with Gasteiger partial charge in [0.15, 0.2) is 0 Å². The van der Waals surface area contributed by atoms with Gasteiger partial charge in [-0.3, -0.25) is 0 Å². The van der Waals surface area contributed by atoms with E-state index in [1.54, 1.807) is 0 Å². The lowest BCUT2D eigenvalue weighted by molar-refractivity contribution is -0.174. The first-order chi connectivity index (χ1) is 8.78. The highest BCUT2D eigenvalue weighted by Crippen LogP contribution is 2.45. The van der Waals surface area contributed by atoms with Crippen LogP contribution in [-0.2, 0) is 18.5 Å². The van der Waals surface area contributed by atoms with Gasteiger partial charge in [0, 0.05) is 0 Å². The Labute approximate surface area is 109 Å². The summed E-state index contributed by atoms with van der Waals surface area (Å²) in [6, 6.07) is 0.215. The Bertz CT molecular complexity index is 460. The summed E-state index contributed by atoms with van der Waals surface area (Å²) >= 11 is 0. The Morgan fingerprint density at radius 2 is 1.05 bits per heavy atom. The third kappa shape index (κ3) is 3.47. The first kappa shape index (κ1) is 16.9. The SMILES string of the molecule is C[Si]c1cc(C(F)(F)F)c(C(F)(F)F)c(C(F)(F)F)c1. The molecule has 0 saturated carbocycles. The number of benzene rings is 1. The molecule has 0 aromatic heterocycles. The molecule has 0 saturated heterocycles. The molecule has 1 aromatic rings. The number of hydrogen-bond donors (Lipinski definition) is 0. The van der Waals surface area contributed by atoms with Crippen molar-refractivity contribution < 1.29 is 39.5 Å². The Morgan fingerprint density at radius 1 is 0.700 bits per heavy atom. The molecule has 1 rings (SSSR count). The maximum Gasteiger partial charge on any atom is 0.417 e. The molecule has 0 unspecified atom stereocenters. The molecule has 112 valence electrons. The van der Waals surface area contributed by atoms with Gasteiger partial charge in [0.05, 0.1) is 26.2 Å². The van der Waals surface area contributed by atoms with Crippen LogP contribution in [0.4, 0.5) is 39.5 Å². The van der Waals surface area contributed by atoms with Crippen LogP contribution in [0.3, 0.4) is 0 Å². The highest BCUT2D eigenvalue weighted by Gasteiger charge is 2.50. The molecule has 20 heavy (non-hydrogen) atoms. The molecular formula is C10H5F9Si. The quantitative estimate of drug-likeness (QED) is 0.538. The molecule has 0 N–H and O–H groups in total. The van der Waals surface area contributed by atoms with Crippen molar-refractivity contribution in [3.05, 3.63) is 28.8 Å². The molecule has 0 amide bonds. The van der Waals surface area contributed by atoms with E-state index in [-0.39, 0.29) is 12.1 Å². The molecule has 2 radical (unpaired) electrons. The molecule has 0 aliphatic rings. The largest absolute Gasteiger partial charge is 0.417 e. The molecule has 0 nitrogen and oxygen atoms in total. The second-order valence-electron chi connectivity index (χ2n) is 3.69. The van der Waals surface area contributed by atoms with Crippen molar-refractivity contribution in [2.24, 2.45) is 0 Å². The van der Waals surface area contributed by atoms with Gasteiger partial charge in [-0.25, -0.2) is 0 Å². The van der Waals surface area contributed by atoms with Crippen LogP contribution in [0.2, 0.25) is 6.55 Å². The maximum atomic E-state index is 12.6. The standard InChI is InChI=1S/C10H5F9Si/c1-20-4-2-5(8(11,12)13)7(10(17,18)19)6(3-4)9(14,15)16/h2-3H,1H3. The second-order valence-corrected chi connectivity index (χ2v) is 4.77. The van der Waals surface area contributed by atoms with E-state index in [0.29, 0.717) is 0 Å². The highest BCUT2D eigenvalue weighted by molar-refractivity contribution is 6.52. The summed E-state index contributed by atoms with van der Waals surface area (Å²) < 4.78 is 113. The monoisotopic (exact) mass is 324 g/mol. The lowest BCUT2D eigenvalue weighted by Crippen LogP contribution is -2.27. The zero-order chi connectivity index (χ0) is 15.9. The second kappa shape index (κ2) is 4.97. The van der Waals surface area contributed by atoms with Crippen LogP contribution in [0.5, 0.6) is 0 Å². The van der Waals surface area contributed by atoms with Gasteiger partial charge in [-0.05, 0) is 0 Å². The van der Waals surface area contributed by atoms with Crippen molar-refractivity contribution in [2.45, 2.75) is 25.1 Å². The van der Waals surface area contributed by atoms with E-state index in [1.165, 1.54) is 6.55 Å². The van der Waals surface area contributed by atoms with E-state index in [9.17, 15) is 39.5 Å². The minimum Gasteiger partial charge on any atom is -0.166 e. The Morgan fingerprint density at radius 3 is 1.25 bits per heavy atom. The van der Waals surface area contributed by atoms with Crippen LogP contribution in [0.15, 0.2) is 12.1 Å². The average Bonchev–Trinajstić information content (AvgIpc) is 2.23. The number of alkyl halides is 9. The topological polar surface area (TPSA) is 0 Å². The van der Waals surface area contributed by atoms with Crippen molar-refractivity contribution in [2.75, 3.05) is 0 Å². The molecule has 0 atom stereocenters.